The van der Waals surface area contributed by atoms with Gasteiger partial charge >= 0.3 is 5.97 Å². The van der Waals surface area contributed by atoms with Crippen LogP contribution in [0.5, 0.6) is 0 Å². The lowest BCUT2D eigenvalue weighted by Crippen LogP contribution is -2.42. The summed E-state index contributed by atoms with van der Waals surface area (Å²) in [6.45, 7) is 1.16. The van der Waals surface area contributed by atoms with Crippen molar-refractivity contribution >= 4 is 45.2 Å². The van der Waals surface area contributed by atoms with Gasteiger partial charge in [-0.15, -0.1) is 0 Å². The summed E-state index contributed by atoms with van der Waals surface area (Å²) in [6, 6.07) is 3.10. The van der Waals surface area contributed by atoms with Crippen molar-refractivity contribution in [3.8, 4) is 0 Å². The Kier molecular flexibility index (Phi) is 8.56. The van der Waals surface area contributed by atoms with E-state index in [1.54, 1.807) is 0 Å². The zero-order valence-corrected chi connectivity index (χ0v) is 21.4. The number of ether oxygens (including phenoxy) is 1. The summed E-state index contributed by atoms with van der Waals surface area (Å²) in [6.07, 6.45) is 7.20. The van der Waals surface area contributed by atoms with Crippen LogP contribution in [0.25, 0.3) is 0 Å². The van der Waals surface area contributed by atoms with Gasteiger partial charge in [0.1, 0.15) is 11.9 Å². The zero-order chi connectivity index (χ0) is 24.9. The number of fused-ring (bicyclic) bond motifs is 1. The van der Waals surface area contributed by atoms with Crippen molar-refractivity contribution < 1.29 is 23.8 Å². The average Bonchev–Trinajstić information content (AvgIpc) is 2.81. The smallest absolute Gasteiger partial charge is 0.326 e. The number of aryl methyl sites for hydroxylation is 2. The van der Waals surface area contributed by atoms with Crippen LogP contribution in [0.3, 0.4) is 0 Å². The van der Waals surface area contributed by atoms with Crippen molar-refractivity contribution in [1.82, 2.24) is 15.3 Å². The molecule has 0 unspecified atom stereocenters. The highest BCUT2D eigenvalue weighted by Gasteiger charge is 2.31. The van der Waals surface area contributed by atoms with Crippen molar-refractivity contribution in [2.75, 3.05) is 18.5 Å². The van der Waals surface area contributed by atoms with Crippen molar-refractivity contribution in [3.05, 3.63) is 50.6 Å². The molecule has 1 saturated carbocycles. The number of halogens is 3. The van der Waals surface area contributed by atoms with E-state index < -0.39 is 23.9 Å². The Hall–Kier alpha value is -2.30. The van der Waals surface area contributed by atoms with E-state index in [2.05, 4.69) is 43.7 Å². The fourth-order valence-electron chi connectivity index (χ4n) is 4.40. The highest BCUT2D eigenvalue weighted by atomic mass is 79.9. The van der Waals surface area contributed by atoms with Gasteiger partial charge in [-0.05, 0) is 72.0 Å². The summed E-state index contributed by atoms with van der Waals surface area (Å²) in [4.78, 5) is 32.3. The van der Waals surface area contributed by atoms with E-state index in [9.17, 15) is 19.1 Å². The number of aromatic nitrogens is 2. The van der Waals surface area contributed by atoms with Crippen LogP contribution in [0, 0.1) is 11.9 Å². The standard InChI is InChI=1S/C24H27BrClFN4O4/c25-20-19(17(26)12-29-21(20)27)23(32)31-18(24(33)34)7-9-35-16-10-13(11-16)3-5-15-6-4-14-2-1-8-28-22(14)30-15/h4,6,12-13,16,18H,1-3,5,7-11H2,(H,28,30)(H,31,32)(H,33,34)/t13?,16?,18-/m0/s1. The number of carboxylic acid groups (broad SMARTS) is 1. The first-order valence-corrected chi connectivity index (χ1v) is 12.9. The molecular formula is C24H27BrClFN4O4. The average molecular weight is 570 g/mol. The Morgan fingerprint density at radius 3 is 2.94 bits per heavy atom. The second-order valence-corrected chi connectivity index (χ2v) is 10.1. The van der Waals surface area contributed by atoms with Crippen molar-refractivity contribution in [2.45, 2.75) is 57.1 Å². The number of amides is 1. The molecule has 4 rings (SSSR count). The molecule has 1 atom stereocenters. The maximum Gasteiger partial charge on any atom is 0.326 e. The fourth-order valence-corrected chi connectivity index (χ4v) is 5.24. The molecule has 1 amide bonds. The molecule has 2 aromatic rings. The van der Waals surface area contributed by atoms with Gasteiger partial charge in [0, 0.05) is 31.5 Å². The van der Waals surface area contributed by atoms with Gasteiger partial charge in [-0.2, -0.15) is 4.39 Å². The highest BCUT2D eigenvalue weighted by molar-refractivity contribution is 9.10. The predicted octanol–water partition coefficient (Wildman–Crippen LogP) is 4.39. The largest absolute Gasteiger partial charge is 0.480 e. The van der Waals surface area contributed by atoms with Gasteiger partial charge in [-0.3, -0.25) is 4.79 Å². The van der Waals surface area contributed by atoms with Crippen LogP contribution in [0.2, 0.25) is 5.02 Å². The molecule has 3 N–H and O–H groups in total. The van der Waals surface area contributed by atoms with Crippen molar-refractivity contribution in [3.63, 3.8) is 0 Å². The van der Waals surface area contributed by atoms with Gasteiger partial charge in [-0.1, -0.05) is 17.7 Å². The summed E-state index contributed by atoms with van der Waals surface area (Å²) in [5.74, 6) is -1.34. The summed E-state index contributed by atoms with van der Waals surface area (Å²) in [7, 11) is 0. The monoisotopic (exact) mass is 568 g/mol. The van der Waals surface area contributed by atoms with E-state index in [4.69, 9.17) is 21.3 Å². The minimum Gasteiger partial charge on any atom is -0.480 e. The van der Waals surface area contributed by atoms with Crippen molar-refractivity contribution in [2.24, 2.45) is 5.92 Å². The van der Waals surface area contributed by atoms with Gasteiger partial charge in [0.05, 0.1) is 21.2 Å². The molecule has 1 aliphatic carbocycles. The lowest BCUT2D eigenvalue weighted by Gasteiger charge is -2.35. The van der Waals surface area contributed by atoms with Crippen LogP contribution in [0.1, 0.15) is 53.7 Å². The van der Waals surface area contributed by atoms with E-state index in [-0.39, 0.29) is 34.2 Å². The normalized spacial score (nSPS) is 19.7. The first kappa shape index (κ1) is 25.8. The molecule has 0 aromatic carbocycles. The van der Waals surface area contributed by atoms with E-state index in [1.807, 2.05) is 0 Å². The molecule has 0 radical (unpaired) electrons. The van der Waals surface area contributed by atoms with E-state index in [0.717, 1.165) is 62.8 Å². The highest BCUT2D eigenvalue weighted by Crippen LogP contribution is 2.34. The van der Waals surface area contributed by atoms with E-state index in [0.29, 0.717) is 5.92 Å². The number of carboxylic acids is 1. The molecule has 0 bridgehead atoms. The number of aliphatic carboxylic acids is 1. The predicted molar refractivity (Wildman–Crippen MR) is 132 cm³/mol. The topological polar surface area (TPSA) is 113 Å². The number of carbonyl (C=O) groups excluding carboxylic acids is 1. The molecule has 3 heterocycles. The summed E-state index contributed by atoms with van der Waals surface area (Å²) in [5, 5.41) is 15.1. The van der Waals surface area contributed by atoms with Crippen molar-refractivity contribution in [1.29, 1.82) is 0 Å². The molecule has 1 aliphatic heterocycles. The van der Waals surface area contributed by atoms with Gasteiger partial charge in [0.2, 0.25) is 5.95 Å². The second-order valence-electron chi connectivity index (χ2n) is 8.95. The molecule has 188 valence electrons. The Morgan fingerprint density at radius 1 is 1.37 bits per heavy atom. The molecule has 35 heavy (non-hydrogen) atoms. The van der Waals surface area contributed by atoms with Crippen LogP contribution < -0.4 is 10.6 Å². The second kappa shape index (κ2) is 11.6. The number of nitrogens with zero attached hydrogens (tertiary/aromatic N) is 2. The van der Waals surface area contributed by atoms with Gasteiger partial charge in [0.25, 0.3) is 5.91 Å². The van der Waals surface area contributed by atoms with Gasteiger partial charge < -0.3 is 20.5 Å². The molecular weight excluding hydrogens is 543 g/mol. The first-order valence-electron chi connectivity index (χ1n) is 11.7. The molecule has 8 nitrogen and oxygen atoms in total. The molecule has 11 heteroatoms. The lowest BCUT2D eigenvalue weighted by molar-refractivity contribution is -0.140. The first-order chi connectivity index (χ1) is 16.8. The molecule has 0 spiro atoms. The molecule has 2 aromatic heterocycles. The number of rotatable bonds is 10. The van der Waals surface area contributed by atoms with E-state index in [1.165, 1.54) is 5.56 Å². The number of hydrogen-bond donors (Lipinski definition) is 3. The minimum absolute atomic E-state index is 0.0804. The lowest BCUT2D eigenvalue weighted by atomic mass is 9.79. The van der Waals surface area contributed by atoms with Crippen LogP contribution in [0.15, 0.2) is 22.8 Å². The number of carbonyl (C=O) groups is 2. The minimum atomic E-state index is -1.21. The van der Waals surface area contributed by atoms with Gasteiger partial charge in [-0.25, -0.2) is 14.8 Å². The summed E-state index contributed by atoms with van der Waals surface area (Å²) < 4.78 is 19.3. The maximum atomic E-state index is 13.7. The third kappa shape index (κ3) is 6.48. The maximum absolute atomic E-state index is 13.7. The van der Waals surface area contributed by atoms with Gasteiger partial charge in [0.15, 0.2) is 0 Å². The summed E-state index contributed by atoms with van der Waals surface area (Å²) >= 11 is 8.88. The van der Waals surface area contributed by atoms with Crippen LogP contribution in [-0.2, 0) is 22.4 Å². The van der Waals surface area contributed by atoms with Crippen LogP contribution in [0.4, 0.5) is 10.2 Å². The Morgan fingerprint density at radius 2 is 2.17 bits per heavy atom. The number of hydrogen-bond acceptors (Lipinski definition) is 6. The Labute approximate surface area is 216 Å². The number of nitrogens with one attached hydrogen (secondary N) is 2. The zero-order valence-electron chi connectivity index (χ0n) is 19.0. The number of pyridine rings is 2. The fraction of sp³-hybridized carbons (Fsp3) is 0.500. The van der Waals surface area contributed by atoms with E-state index >= 15 is 0 Å². The quantitative estimate of drug-likeness (QED) is 0.364. The molecule has 0 saturated heterocycles. The number of anilines is 1. The van der Waals surface area contributed by atoms with Crippen LogP contribution >= 0.6 is 27.5 Å². The van der Waals surface area contributed by atoms with Crippen LogP contribution in [-0.4, -0.2) is 52.2 Å². The molecule has 1 fully saturated rings. The Bertz CT molecular complexity index is 1100. The Balaban J connectivity index is 1.18. The third-order valence-electron chi connectivity index (χ3n) is 6.47. The summed E-state index contributed by atoms with van der Waals surface area (Å²) in [5.41, 5.74) is 2.19. The molecule has 2 aliphatic rings. The SMILES string of the molecule is O=C(N[C@@H](CCOC1CC(CCc2ccc3c(n2)NCCC3)C1)C(=O)O)c1c(Cl)cnc(F)c1Br. The third-order valence-corrected chi connectivity index (χ3v) is 7.48.